The summed E-state index contributed by atoms with van der Waals surface area (Å²) >= 11 is 0. The number of nitrogens with zero attached hydrogens (tertiary/aromatic N) is 1. The van der Waals surface area contributed by atoms with Gasteiger partial charge in [0.15, 0.2) is 0 Å². The molecule has 4 rings (SSSR count). The first-order valence-electron chi connectivity index (χ1n) is 11.4. The van der Waals surface area contributed by atoms with Crippen LogP contribution in [0.2, 0.25) is 6.82 Å². The standard InChI is InChI=1S/C29H31B2N/c1-20(30)18-28-21(2)31(6)25-19-23(29(3,4)5)16-17-27(25)32(28)26-15-11-10-14-24(26)22-12-8-7-9-13-22/h7-19H,1-6H3/b20-18+. The highest BCUT2D eigenvalue weighted by atomic mass is 15.2. The van der Waals surface area contributed by atoms with E-state index in [1.54, 1.807) is 0 Å². The first-order valence-corrected chi connectivity index (χ1v) is 11.4. The van der Waals surface area contributed by atoms with Gasteiger partial charge in [-0.05, 0) is 35.6 Å². The highest BCUT2D eigenvalue weighted by molar-refractivity contribution is 6.80. The third-order valence-corrected chi connectivity index (χ3v) is 6.49. The molecule has 1 aliphatic rings. The van der Waals surface area contributed by atoms with Gasteiger partial charge in [0.25, 0.3) is 0 Å². The Morgan fingerprint density at radius 1 is 0.906 bits per heavy atom. The normalized spacial score (nSPS) is 14.6. The van der Waals surface area contributed by atoms with Crippen LogP contribution >= 0.6 is 0 Å². The maximum absolute atomic E-state index is 6.22. The van der Waals surface area contributed by atoms with Crippen molar-refractivity contribution in [1.82, 2.24) is 0 Å². The van der Waals surface area contributed by atoms with Gasteiger partial charge in [-0.15, -0.1) is 5.47 Å². The Labute approximate surface area is 195 Å². The quantitative estimate of drug-likeness (QED) is 0.416. The van der Waals surface area contributed by atoms with Crippen molar-refractivity contribution in [3.63, 3.8) is 0 Å². The van der Waals surface area contributed by atoms with Crippen molar-refractivity contribution in [2.75, 3.05) is 4.90 Å². The van der Waals surface area contributed by atoms with Crippen molar-refractivity contribution in [2.24, 2.45) is 0 Å². The first-order chi connectivity index (χ1) is 15.2. The van der Waals surface area contributed by atoms with Crippen LogP contribution in [0.3, 0.4) is 0 Å². The van der Waals surface area contributed by atoms with E-state index in [0.717, 1.165) is 11.2 Å². The van der Waals surface area contributed by atoms with E-state index in [1.165, 1.54) is 39.0 Å². The summed E-state index contributed by atoms with van der Waals surface area (Å²) in [5, 5.41) is 0. The van der Waals surface area contributed by atoms with Crippen molar-refractivity contribution in [3.05, 3.63) is 101 Å². The van der Waals surface area contributed by atoms with Crippen LogP contribution in [0.4, 0.5) is 11.4 Å². The van der Waals surface area contributed by atoms with Gasteiger partial charge in [-0.2, -0.15) is 0 Å². The summed E-state index contributed by atoms with van der Waals surface area (Å²) in [5.74, 6) is 0. The summed E-state index contributed by atoms with van der Waals surface area (Å²) in [5.41, 5.74) is 11.0. The molecule has 0 amide bonds. The lowest BCUT2D eigenvalue weighted by Crippen LogP contribution is -2.41. The highest BCUT2D eigenvalue weighted by Crippen LogP contribution is 2.41. The minimum atomic E-state index is 0.104. The Hall–Kier alpha value is -2.93. The molecule has 0 bridgehead atoms. The van der Waals surface area contributed by atoms with Gasteiger partial charge in [0, 0.05) is 16.9 Å². The molecular formula is C29H31B2N. The number of hydrogen-bond donors (Lipinski definition) is 0. The van der Waals surface area contributed by atoms with Crippen molar-refractivity contribution in [3.8, 4) is 11.1 Å². The van der Waals surface area contributed by atoms with E-state index in [1.807, 2.05) is 6.92 Å². The van der Waals surface area contributed by atoms with Crippen LogP contribution in [0, 0.1) is 0 Å². The maximum Gasteiger partial charge on any atom is 0.206 e. The van der Waals surface area contributed by atoms with E-state index >= 15 is 0 Å². The van der Waals surface area contributed by atoms with Crippen molar-refractivity contribution < 1.29 is 0 Å². The van der Waals surface area contributed by atoms with E-state index in [4.69, 9.17) is 7.85 Å². The van der Waals surface area contributed by atoms with Gasteiger partial charge in [0.1, 0.15) is 7.85 Å². The molecule has 0 atom stereocenters. The van der Waals surface area contributed by atoms with Gasteiger partial charge in [-0.25, -0.2) is 0 Å². The predicted octanol–water partition coefficient (Wildman–Crippen LogP) is 7.02. The molecule has 0 fully saturated rings. The summed E-state index contributed by atoms with van der Waals surface area (Å²) in [6.07, 6.45) is 2.12. The second-order valence-corrected chi connectivity index (χ2v) is 9.92. The Balaban J connectivity index is 2.01. The topological polar surface area (TPSA) is 3.24 Å². The molecule has 0 aliphatic carbocycles. The number of para-hydroxylation sites is 1. The smallest absolute Gasteiger partial charge is 0.206 e. The maximum atomic E-state index is 6.22. The van der Waals surface area contributed by atoms with Gasteiger partial charge >= 0.3 is 0 Å². The molecule has 3 aromatic rings. The van der Waals surface area contributed by atoms with Crippen LogP contribution in [-0.2, 0) is 5.41 Å². The zero-order valence-corrected chi connectivity index (χ0v) is 20.1. The molecule has 0 unspecified atom stereocenters. The van der Waals surface area contributed by atoms with Gasteiger partial charge in [-0.3, -0.25) is 0 Å². The fourth-order valence-electron chi connectivity index (χ4n) is 4.52. The van der Waals surface area contributed by atoms with E-state index in [0.29, 0.717) is 6.71 Å². The molecule has 1 heterocycles. The van der Waals surface area contributed by atoms with Crippen LogP contribution in [0.25, 0.3) is 11.1 Å². The number of benzene rings is 3. The summed E-state index contributed by atoms with van der Waals surface area (Å²) in [7, 11) is 6.22. The zero-order valence-electron chi connectivity index (χ0n) is 20.1. The molecule has 1 nitrogen and oxygen atoms in total. The van der Waals surface area contributed by atoms with E-state index in [-0.39, 0.29) is 5.41 Å². The monoisotopic (exact) mass is 415 g/mol. The number of fused-ring (bicyclic) bond motifs is 1. The molecular weight excluding hydrogens is 384 g/mol. The Morgan fingerprint density at radius 3 is 2.22 bits per heavy atom. The Bertz CT molecular complexity index is 1200. The Kier molecular flexibility index (Phi) is 5.95. The molecule has 0 saturated carbocycles. The van der Waals surface area contributed by atoms with Crippen molar-refractivity contribution >= 4 is 31.4 Å². The lowest BCUT2D eigenvalue weighted by atomic mass is 9.40. The average Bonchev–Trinajstić information content (AvgIpc) is 2.77. The van der Waals surface area contributed by atoms with Crippen LogP contribution < -0.4 is 10.4 Å². The zero-order chi connectivity index (χ0) is 23.0. The van der Waals surface area contributed by atoms with Gasteiger partial charge in [0.05, 0.1) is 5.69 Å². The van der Waals surface area contributed by atoms with Gasteiger partial charge in [-0.1, -0.05) is 112 Å². The molecule has 0 saturated heterocycles. The average molecular weight is 415 g/mol. The number of anilines is 2. The van der Waals surface area contributed by atoms with E-state index in [9.17, 15) is 0 Å². The molecule has 0 aromatic heterocycles. The second-order valence-electron chi connectivity index (χ2n) is 9.92. The summed E-state index contributed by atoms with van der Waals surface area (Å²) in [6, 6.07) is 26.2. The van der Waals surface area contributed by atoms with E-state index < -0.39 is 0 Å². The summed E-state index contributed by atoms with van der Waals surface area (Å²) in [4.78, 5) is 2.40. The lowest BCUT2D eigenvalue weighted by Gasteiger charge is -2.38. The highest BCUT2D eigenvalue weighted by Gasteiger charge is 2.32. The van der Waals surface area contributed by atoms with Crippen molar-refractivity contribution in [1.29, 1.82) is 0 Å². The van der Waals surface area contributed by atoms with Crippen LogP contribution in [0.15, 0.2) is 95.5 Å². The fraction of sp³-hybridized carbons (Fsp3) is 0.241. The summed E-state index contributed by atoms with van der Waals surface area (Å²) in [6.45, 7) is 13.7. The third kappa shape index (κ3) is 4.09. The Morgan fingerprint density at radius 2 is 1.56 bits per heavy atom. The molecule has 0 N–H and O–H groups in total. The molecule has 0 spiro atoms. The largest absolute Gasteiger partial charge is 0.311 e. The van der Waals surface area contributed by atoms with Gasteiger partial charge in [0.2, 0.25) is 6.71 Å². The SMILES string of the molecule is [B]/C(C)=C/C1=C(C)B(C)c2cc(C(C)(C)C)ccc2N1c1ccccc1-c1ccccc1. The van der Waals surface area contributed by atoms with E-state index in [2.05, 4.69) is 118 Å². The van der Waals surface area contributed by atoms with Gasteiger partial charge < -0.3 is 4.90 Å². The minimum Gasteiger partial charge on any atom is -0.311 e. The predicted molar refractivity (Wildman–Crippen MR) is 143 cm³/mol. The van der Waals surface area contributed by atoms with Crippen LogP contribution in [0.5, 0.6) is 0 Å². The number of rotatable bonds is 3. The number of allylic oxidation sites excluding steroid dienone is 3. The number of hydrogen-bond acceptors (Lipinski definition) is 1. The molecule has 1 aliphatic heterocycles. The minimum absolute atomic E-state index is 0.104. The first kappa shape index (κ1) is 22.3. The molecule has 3 heteroatoms. The van der Waals surface area contributed by atoms with Crippen LogP contribution in [0.1, 0.15) is 40.2 Å². The van der Waals surface area contributed by atoms with Crippen molar-refractivity contribution in [2.45, 2.75) is 46.9 Å². The second kappa shape index (κ2) is 8.54. The third-order valence-electron chi connectivity index (χ3n) is 6.49. The fourth-order valence-corrected chi connectivity index (χ4v) is 4.52. The molecule has 2 radical (unpaired) electrons. The van der Waals surface area contributed by atoms with Crippen LogP contribution in [-0.4, -0.2) is 14.6 Å². The molecule has 32 heavy (non-hydrogen) atoms. The summed E-state index contributed by atoms with van der Waals surface area (Å²) < 4.78 is 0. The molecule has 158 valence electrons. The lowest BCUT2D eigenvalue weighted by molar-refractivity contribution is 0.591. The molecule has 3 aromatic carbocycles.